The van der Waals surface area contributed by atoms with E-state index < -0.39 is 0 Å². The lowest BCUT2D eigenvalue weighted by atomic mass is 10.2. The fourth-order valence-corrected chi connectivity index (χ4v) is 2.90. The Morgan fingerprint density at radius 1 is 1.33 bits per heavy atom. The molecule has 2 rings (SSSR count). The van der Waals surface area contributed by atoms with Gasteiger partial charge in [-0.3, -0.25) is 14.0 Å². The van der Waals surface area contributed by atoms with Crippen molar-refractivity contribution in [3.63, 3.8) is 0 Å². The maximum atomic E-state index is 12.3. The molecule has 1 N–H and O–H groups in total. The minimum Gasteiger partial charge on any atom is -0.342 e. The number of nitrogens with zero attached hydrogens (tertiary/aromatic N) is 4. The smallest absolute Gasteiger partial charge is 0.242 e. The summed E-state index contributed by atoms with van der Waals surface area (Å²) >= 11 is 5.38. The van der Waals surface area contributed by atoms with Crippen LogP contribution in [0.4, 0.5) is 0 Å². The fraction of sp³-hybridized carbons (Fsp3) is 0.643. The number of hydrogen-bond donors (Lipinski definition) is 1. The lowest BCUT2D eigenvalue weighted by molar-refractivity contribution is -0.131. The number of aryl methyl sites for hydroxylation is 2. The van der Waals surface area contributed by atoms with Crippen molar-refractivity contribution < 1.29 is 4.79 Å². The van der Waals surface area contributed by atoms with Gasteiger partial charge in [0.2, 0.25) is 5.91 Å². The molecule has 0 spiro atoms. The number of likely N-dealkylation sites (N-methyl/N-ethyl adjacent to an activating group) is 1. The van der Waals surface area contributed by atoms with E-state index in [1.165, 1.54) is 0 Å². The lowest BCUT2D eigenvalue weighted by Gasteiger charge is -2.18. The molecule has 0 aliphatic carbocycles. The van der Waals surface area contributed by atoms with Gasteiger partial charge in [-0.2, -0.15) is 5.10 Å². The molecule has 0 aliphatic rings. The van der Waals surface area contributed by atoms with Crippen LogP contribution in [0.2, 0.25) is 0 Å². The molecule has 2 aromatic heterocycles. The lowest BCUT2D eigenvalue weighted by Crippen LogP contribution is -2.33. The second-order valence-electron chi connectivity index (χ2n) is 5.10. The summed E-state index contributed by atoms with van der Waals surface area (Å²) in [6, 6.07) is 0. The summed E-state index contributed by atoms with van der Waals surface area (Å²) in [5.74, 6) is 0.0789. The van der Waals surface area contributed by atoms with E-state index in [2.05, 4.69) is 17.0 Å². The maximum absolute atomic E-state index is 12.3. The molecule has 2 heterocycles. The van der Waals surface area contributed by atoms with Crippen LogP contribution < -0.4 is 0 Å². The predicted molar refractivity (Wildman–Crippen MR) is 85.8 cm³/mol. The predicted octanol–water partition coefficient (Wildman–Crippen LogP) is 2.25. The zero-order chi connectivity index (χ0) is 15.6. The average Bonchev–Trinajstić information content (AvgIpc) is 2.91. The quantitative estimate of drug-likeness (QED) is 0.833. The van der Waals surface area contributed by atoms with E-state index in [4.69, 9.17) is 12.2 Å². The second kappa shape index (κ2) is 6.43. The number of fused-ring (bicyclic) bond motifs is 1. The molecule has 0 saturated heterocycles. The maximum Gasteiger partial charge on any atom is 0.242 e. The second-order valence-corrected chi connectivity index (χ2v) is 5.49. The molecule has 116 valence electrons. The van der Waals surface area contributed by atoms with Crippen LogP contribution >= 0.6 is 12.2 Å². The van der Waals surface area contributed by atoms with E-state index in [0.717, 1.165) is 29.7 Å². The summed E-state index contributed by atoms with van der Waals surface area (Å²) in [5, 5.41) is 4.53. The van der Waals surface area contributed by atoms with Gasteiger partial charge in [0.05, 0.1) is 5.69 Å². The molecule has 0 atom stereocenters. The Labute approximate surface area is 129 Å². The molecular weight excluding hydrogens is 286 g/mol. The van der Waals surface area contributed by atoms with Gasteiger partial charge in [0.15, 0.2) is 10.4 Å². The van der Waals surface area contributed by atoms with Crippen molar-refractivity contribution in [1.29, 1.82) is 0 Å². The van der Waals surface area contributed by atoms with E-state index in [1.54, 1.807) is 0 Å². The number of imidazole rings is 1. The number of H-pyrrole nitrogens is 1. The van der Waals surface area contributed by atoms with Gasteiger partial charge in [0.25, 0.3) is 0 Å². The van der Waals surface area contributed by atoms with E-state index in [9.17, 15) is 4.79 Å². The third-order valence-corrected chi connectivity index (χ3v) is 4.04. The highest BCUT2D eigenvalue weighted by atomic mass is 32.1. The molecule has 0 fully saturated rings. The summed E-state index contributed by atoms with van der Waals surface area (Å²) < 4.78 is 4.23. The van der Waals surface area contributed by atoms with Gasteiger partial charge < -0.3 is 9.88 Å². The van der Waals surface area contributed by atoms with Crippen molar-refractivity contribution in [3.05, 3.63) is 10.5 Å². The SMILES string of the molecule is CCCc1nn(C)c2c1[nH]c(=S)n2CC(=O)N(CC)CC. The van der Waals surface area contributed by atoms with Crippen LogP contribution in [-0.2, 0) is 24.8 Å². The first-order chi connectivity index (χ1) is 10.0. The molecule has 6 nitrogen and oxygen atoms in total. The molecule has 0 radical (unpaired) electrons. The fourth-order valence-electron chi connectivity index (χ4n) is 2.65. The third kappa shape index (κ3) is 2.88. The number of amides is 1. The highest BCUT2D eigenvalue weighted by molar-refractivity contribution is 7.71. The number of aromatic nitrogens is 4. The highest BCUT2D eigenvalue weighted by Gasteiger charge is 2.18. The Morgan fingerprint density at radius 3 is 2.57 bits per heavy atom. The summed E-state index contributed by atoms with van der Waals surface area (Å²) in [6.07, 6.45) is 1.92. The molecule has 0 aliphatic heterocycles. The standard InChI is InChI=1S/C14H23N5OS/c1-5-8-10-12-13(17(4)16-10)19(14(21)15-12)9-11(20)18(6-2)7-3/h5-9H2,1-4H3,(H,15,21). The van der Waals surface area contributed by atoms with Gasteiger partial charge in [-0.05, 0) is 32.5 Å². The van der Waals surface area contributed by atoms with Crippen LogP contribution in [0.3, 0.4) is 0 Å². The van der Waals surface area contributed by atoms with E-state index in [1.807, 2.05) is 35.0 Å². The van der Waals surface area contributed by atoms with Gasteiger partial charge in [-0.25, -0.2) is 0 Å². The van der Waals surface area contributed by atoms with Crippen LogP contribution in [-0.4, -0.2) is 43.2 Å². The van der Waals surface area contributed by atoms with Gasteiger partial charge in [0, 0.05) is 20.1 Å². The molecule has 0 bridgehead atoms. The topological polar surface area (TPSA) is 58.9 Å². The van der Waals surface area contributed by atoms with E-state index >= 15 is 0 Å². The molecule has 0 aromatic carbocycles. The first-order valence-electron chi connectivity index (χ1n) is 7.45. The Morgan fingerprint density at radius 2 is 2.00 bits per heavy atom. The van der Waals surface area contributed by atoms with Crippen molar-refractivity contribution in [1.82, 2.24) is 24.2 Å². The van der Waals surface area contributed by atoms with Crippen LogP contribution in [0.25, 0.3) is 11.2 Å². The Balaban J connectivity index is 2.43. The number of carbonyl (C=O) groups is 1. The van der Waals surface area contributed by atoms with Crippen molar-refractivity contribution >= 4 is 29.3 Å². The molecule has 0 unspecified atom stereocenters. The molecule has 7 heteroatoms. The van der Waals surface area contributed by atoms with Crippen molar-refractivity contribution in [2.45, 2.75) is 40.2 Å². The Hall–Kier alpha value is -1.63. The number of hydrogen-bond acceptors (Lipinski definition) is 3. The number of rotatable bonds is 6. The van der Waals surface area contributed by atoms with E-state index in [-0.39, 0.29) is 12.5 Å². The zero-order valence-electron chi connectivity index (χ0n) is 13.1. The minimum absolute atomic E-state index is 0.0789. The first kappa shape index (κ1) is 15.8. The van der Waals surface area contributed by atoms with E-state index in [0.29, 0.717) is 17.9 Å². The molecule has 1 amide bonds. The van der Waals surface area contributed by atoms with Gasteiger partial charge in [-0.1, -0.05) is 13.3 Å². The Bertz CT molecular complexity index is 692. The minimum atomic E-state index is 0.0789. The van der Waals surface area contributed by atoms with Crippen molar-refractivity contribution in [2.75, 3.05) is 13.1 Å². The molecule has 21 heavy (non-hydrogen) atoms. The zero-order valence-corrected chi connectivity index (χ0v) is 14.0. The Kier molecular flexibility index (Phi) is 4.82. The largest absolute Gasteiger partial charge is 0.342 e. The van der Waals surface area contributed by atoms with Crippen LogP contribution in [0.1, 0.15) is 32.9 Å². The summed E-state index contributed by atoms with van der Waals surface area (Å²) in [6.45, 7) is 7.76. The number of carbonyl (C=O) groups excluding carboxylic acids is 1. The van der Waals surface area contributed by atoms with Crippen molar-refractivity contribution in [2.24, 2.45) is 7.05 Å². The van der Waals surface area contributed by atoms with Gasteiger partial charge in [0.1, 0.15) is 12.1 Å². The first-order valence-corrected chi connectivity index (χ1v) is 7.86. The third-order valence-electron chi connectivity index (χ3n) is 3.72. The van der Waals surface area contributed by atoms with Crippen molar-refractivity contribution in [3.8, 4) is 0 Å². The molecular formula is C14H23N5OS. The van der Waals surface area contributed by atoms with Crippen LogP contribution in [0.5, 0.6) is 0 Å². The summed E-state index contributed by atoms with van der Waals surface area (Å²) in [7, 11) is 1.89. The molecule has 0 saturated carbocycles. The summed E-state index contributed by atoms with van der Waals surface area (Å²) in [5.41, 5.74) is 2.86. The summed E-state index contributed by atoms with van der Waals surface area (Å²) in [4.78, 5) is 17.3. The van der Waals surface area contributed by atoms with Gasteiger partial charge >= 0.3 is 0 Å². The number of aromatic amines is 1. The van der Waals surface area contributed by atoms with Gasteiger partial charge in [-0.15, -0.1) is 0 Å². The monoisotopic (exact) mass is 309 g/mol. The van der Waals surface area contributed by atoms with Crippen LogP contribution in [0.15, 0.2) is 0 Å². The normalized spacial score (nSPS) is 11.2. The molecule has 2 aromatic rings. The average molecular weight is 309 g/mol. The number of nitrogens with one attached hydrogen (secondary N) is 1. The highest BCUT2D eigenvalue weighted by Crippen LogP contribution is 2.19. The van der Waals surface area contributed by atoms with Crippen LogP contribution in [0, 0.1) is 4.77 Å².